The van der Waals surface area contributed by atoms with Crippen LogP contribution in [-0.2, 0) is 9.59 Å². The van der Waals surface area contributed by atoms with Crippen LogP contribution in [0.15, 0.2) is 54.6 Å². The summed E-state index contributed by atoms with van der Waals surface area (Å²) in [6, 6.07) is 15.8. The molecule has 164 valence electrons. The Hall–Kier alpha value is -2.90. The van der Waals surface area contributed by atoms with Crippen molar-refractivity contribution >= 4 is 35.0 Å². The van der Waals surface area contributed by atoms with E-state index in [4.69, 9.17) is 11.6 Å². The van der Waals surface area contributed by atoms with Crippen LogP contribution in [0.5, 0.6) is 0 Å². The fraction of sp³-hybridized carbons (Fsp3) is 0.348. The summed E-state index contributed by atoms with van der Waals surface area (Å²) in [5.41, 5.74) is 1.17. The van der Waals surface area contributed by atoms with Crippen LogP contribution < -0.4 is 10.6 Å². The number of carbonyl (C=O) groups excluding carboxylic acids is 3. The highest BCUT2D eigenvalue weighted by molar-refractivity contribution is 6.33. The van der Waals surface area contributed by atoms with Gasteiger partial charge in [0.05, 0.1) is 17.3 Å². The summed E-state index contributed by atoms with van der Waals surface area (Å²) in [5.74, 6) is -0.318. The molecule has 1 atom stereocenters. The van der Waals surface area contributed by atoms with Gasteiger partial charge in [-0.25, -0.2) is 0 Å². The fourth-order valence-corrected chi connectivity index (χ4v) is 3.63. The Morgan fingerprint density at radius 3 is 2.29 bits per heavy atom. The number of nitrogens with one attached hydrogen (secondary N) is 2. The topological polar surface area (TPSA) is 81.8 Å². The van der Waals surface area contributed by atoms with E-state index in [2.05, 4.69) is 10.6 Å². The van der Waals surface area contributed by atoms with Gasteiger partial charge in [-0.05, 0) is 31.2 Å². The smallest absolute Gasteiger partial charge is 0.251 e. The summed E-state index contributed by atoms with van der Waals surface area (Å²) in [7, 11) is 0. The molecule has 8 heteroatoms. The number of carbonyl (C=O) groups is 3. The first-order valence-electron chi connectivity index (χ1n) is 10.3. The van der Waals surface area contributed by atoms with Gasteiger partial charge in [0, 0.05) is 44.2 Å². The van der Waals surface area contributed by atoms with Gasteiger partial charge in [-0.3, -0.25) is 19.3 Å². The van der Waals surface area contributed by atoms with Crippen molar-refractivity contribution in [1.82, 2.24) is 15.1 Å². The largest absolute Gasteiger partial charge is 0.349 e. The second-order valence-electron chi connectivity index (χ2n) is 7.63. The molecular formula is C23H27ClN4O3. The number of piperazine rings is 1. The molecule has 0 saturated carbocycles. The van der Waals surface area contributed by atoms with Crippen LogP contribution in [0.2, 0.25) is 5.02 Å². The Morgan fingerprint density at radius 2 is 1.61 bits per heavy atom. The fourth-order valence-electron chi connectivity index (χ4n) is 3.45. The van der Waals surface area contributed by atoms with E-state index in [0.29, 0.717) is 42.5 Å². The molecule has 2 aromatic carbocycles. The van der Waals surface area contributed by atoms with Gasteiger partial charge in [0.25, 0.3) is 5.91 Å². The van der Waals surface area contributed by atoms with Crippen molar-refractivity contribution in [2.45, 2.75) is 19.4 Å². The molecule has 31 heavy (non-hydrogen) atoms. The normalized spacial score (nSPS) is 15.2. The molecule has 0 spiro atoms. The molecule has 3 rings (SSSR count). The molecule has 1 aliphatic heterocycles. The van der Waals surface area contributed by atoms with Gasteiger partial charge in [-0.2, -0.15) is 0 Å². The third-order valence-electron chi connectivity index (χ3n) is 5.13. The van der Waals surface area contributed by atoms with Gasteiger partial charge in [-0.15, -0.1) is 0 Å². The van der Waals surface area contributed by atoms with E-state index in [-0.39, 0.29) is 36.7 Å². The molecule has 2 N–H and O–H groups in total. The SMILES string of the molecule is CC(CC(=O)N1CCN(CC(=O)Nc2ccccc2Cl)CC1)NC(=O)c1ccccc1. The van der Waals surface area contributed by atoms with Crippen molar-refractivity contribution in [3.8, 4) is 0 Å². The zero-order chi connectivity index (χ0) is 22.2. The minimum atomic E-state index is -0.264. The summed E-state index contributed by atoms with van der Waals surface area (Å²) in [6.07, 6.45) is 0.242. The minimum Gasteiger partial charge on any atom is -0.349 e. The number of amides is 3. The Balaban J connectivity index is 1.39. The monoisotopic (exact) mass is 442 g/mol. The lowest BCUT2D eigenvalue weighted by molar-refractivity contribution is -0.133. The Kier molecular flexibility index (Phi) is 8.03. The second kappa shape index (κ2) is 10.9. The van der Waals surface area contributed by atoms with Gasteiger partial charge >= 0.3 is 0 Å². The maximum atomic E-state index is 12.6. The molecule has 1 saturated heterocycles. The van der Waals surface area contributed by atoms with E-state index in [1.165, 1.54) is 0 Å². The lowest BCUT2D eigenvalue weighted by Crippen LogP contribution is -2.51. The van der Waals surface area contributed by atoms with Crippen LogP contribution in [0.25, 0.3) is 0 Å². The Morgan fingerprint density at radius 1 is 0.968 bits per heavy atom. The second-order valence-corrected chi connectivity index (χ2v) is 8.04. The predicted octanol–water partition coefficient (Wildman–Crippen LogP) is 2.63. The average molecular weight is 443 g/mol. The van der Waals surface area contributed by atoms with Gasteiger partial charge < -0.3 is 15.5 Å². The summed E-state index contributed by atoms with van der Waals surface area (Å²) in [5, 5.41) is 6.18. The van der Waals surface area contributed by atoms with E-state index >= 15 is 0 Å². The summed E-state index contributed by atoms with van der Waals surface area (Å²) >= 11 is 6.07. The first-order valence-corrected chi connectivity index (χ1v) is 10.7. The minimum absolute atomic E-state index is 0.000954. The molecule has 0 aromatic heterocycles. The highest BCUT2D eigenvalue weighted by Crippen LogP contribution is 2.20. The molecule has 2 aromatic rings. The number of anilines is 1. The Labute approximate surface area is 187 Å². The Bertz CT molecular complexity index is 914. The first-order chi connectivity index (χ1) is 14.9. The molecule has 1 heterocycles. The van der Waals surface area contributed by atoms with Crippen molar-refractivity contribution in [2.75, 3.05) is 38.0 Å². The zero-order valence-electron chi connectivity index (χ0n) is 17.5. The van der Waals surface area contributed by atoms with Gasteiger partial charge in [0.2, 0.25) is 11.8 Å². The molecule has 1 fully saturated rings. The molecule has 1 aliphatic rings. The van der Waals surface area contributed by atoms with E-state index in [0.717, 1.165) is 0 Å². The molecule has 0 radical (unpaired) electrons. The predicted molar refractivity (Wildman–Crippen MR) is 121 cm³/mol. The molecule has 0 aliphatic carbocycles. The quantitative estimate of drug-likeness (QED) is 0.690. The zero-order valence-corrected chi connectivity index (χ0v) is 18.3. The lowest BCUT2D eigenvalue weighted by atomic mass is 10.1. The van der Waals surface area contributed by atoms with Crippen LogP contribution in [0.1, 0.15) is 23.7 Å². The number of hydrogen-bond acceptors (Lipinski definition) is 4. The number of para-hydroxylation sites is 1. The van der Waals surface area contributed by atoms with E-state index < -0.39 is 0 Å². The number of hydrogen-bond donors (Lipinski definition) is 2. The van der Waals surface area contributed by atoms with E-state index in [1.54, 1.807) is 41.3 Å². The highest BCUT2D eigenvalue weighted by atomic mass is 35.5. The standard InChI is InChI=1S/C23H27ClN4O3/c1-17(25-23(31)18-7-3-2-4-8-18)15-22(30)28-13-11-27(12-14-28)16-21(29)26-20-10-6-5-9-19(20)24/h2-10,17H,11-16H2,1H3,(H,25,31)(H,26,29). The number of nitrogens with zero attached hydrogens (tertiary/aromatic N) is 2. The third kappa shape index (κ3) is 6.80. The van der Waals surface area contributed by atoms with Crippen LogP contribution in [0.4, 0.5) is 5.69 Å². The molecular weight excluding hydrogens is 416 g/mol. The van der Waals surface area contributed by atoms with Crippen molar-refractivity contribution in [1.29, 1.82) is 0 Å². The van der Waals surface area contributed by atoms with Crippen molar-refractivity contribution in [3.63, 3.8) is 0 Å². The average Bonchev–Trinajstić information content (AvgIpc) is 2.76. The number of halogens is 1. The summed E-state index contributed by atoms with van der Waals surface area (Å²) in [6.45, 7) is 4.42. The molecule has 7 nitrogen and oxygen atoms in total. The number of benzene rings is 2. The maximum Gasteiger partial charge on any atom is 0.251 e. The van der Waals surface area contributed by atoms with Gasteiger partial charge in [0.15, 0.2) is 0 Å². The van der Waals surface area contributed by atoms with E-state index in [1.807, 2.05) is 30.0 Å². The van der Waals surface area contributed by atoms with Crippen LogP contribution in [0, 0.1) is 0 Å². The molecule has 3 amide bonds. The van der Waals surface area contributed by atoms with Crippen LogP contribution in [-0.4, -0.2) is 66.3 Å². The van der Waals surface area contributed by atoms with Gasteiger partial charge in [0.1, 0.15) is 0 Å². The number of rotatable bonds is 7. The first kappa shape index (κ1) is 22.8. The summed E-state index contributed by atoms with van der Waals surface area (Å²) < 4.78 is 0. The van der Waals surface area contributed by atoms with Crippen LogP contribution >= 0.6 is 11.6 Å². The van der Waals surface area contributed by atoms with Crippen molar-refractivity contribution in [2.24, 2.45) is 0 Å². The van der Waals surface area contributed by atoms with E-state index in [9.17, 15) is 14.4 Å². The maximum absolute atomic E-state index is 12.6. The third-order valence-corrected chi connectivity index (χ3v) is 5.46. The molecule has 1 unspecified atom stereocenters. The lowest BCUT2D eigenvalue weighted by Gasteiger charge is -2.34. The van der Waals surface area contributed by atoms with Crippen LogP contribution in [0.3, 0.4) is 0 Å². The van der Waals surface area contributed by atoms with Crippen molar-refractivity contribution in [3.05, 3.63) is 65.2 Å². The molecule has 0 bridgehead atoms. The summed E-state index contributed by atoms with van der Waals surface area (Å²) in [4.78, 5) is 40.9. The highest BCUT2D eigenvalue weighted by Gasteiger charge is 2.24. The van der Waals surface area contributed by atoms with Crippen molar-refractivity contribution < 1.29 is 14.4 Å². The van der Waals surface area contributed by atoms with Gasteiger partial charge in [-0.1, -0.05) is 41.9 Å².